The predicted octanol–water partition coefficient (Wildman–Crippen LogP) is 5.34. The minimum atomic E-state index is 0.613. The first-order chi connectivity index (χ1) is 6.67. The molecule has 0 radical (unpaired) electrons. The molecule has 0 aliphatic heterocycles. The molecule has 0 saturated heterocycles. The maximum absolute atomic E-state index is 2.71. The van der Waals surface area contributed by atoms with Crippen molar-refractivity contribution in [3.8, 4) is 0 Å². The summed E-state index contributed by atoms with van der Waals surface area (Å²) >= 11 is 2.71. The normalized spacial score (nSPS) is 33.2. The van der Waals surface area contributed by atoms with Gasteiger partial charge in [0.2, 0.25) is 0 Å². The first-order valence-electron chi connectivity index (χ1n) is 6.35. The van der Waals surface area contributed by atoms with Gasteiger partial charge in [0.05, 0.1) is 0 Å². The summed E-state index contributed by atoms with van der Waals surface area (Å²) in [6.07, 6.45) is 13.1. The number of hydrogen-bond acceptors (Lipinski definition) is 0. The van der Waals surface area contributed by atoms with Crippen LogP contribution in [-0.2, 0) is 0 Å². The van der Waals surface area contributed by atoms with Gasteiger partial charge in [-0.05, 0) is 25.2 Å². The molecule has 1 heteroatoms. The molecule has 0 spiro atoms. The number of alkyl halides is 1. The van der Waals surface area contributed by atoms with E-state index in [1.54, 1.807) is 0 Å². The molecule has 2 unspecified atom stereocenters. The Morgan fingerprint density at radius 3 is 2.64 bits per heavy atom. The van der Waals surface area contributed by atoms with Gasteiger partial charge in [-0.2, -0.15) is 0 Å². The minimum Gasteiger partial charge on any atom is -0.0789 e. The second-order valence-corrected chi connectivity index (χ2v) is 7.53. The summed E-state index contributed by atoms with van der Waals surface area (Å²) in [6.45, 7) is 4.76. The standard InChI is InChI=1S/C13H25I/c1-3-4-5-6-9-12-10-7-8-11-13(12,2)14/h12H,3-11H2,1-2H3. The van der Waals surface area contributed by atoms with E-state index < -0.39 is 0 Å². The van der Waals surface area contributed by atoms with E-state index in [0.717, 1.165) is 5.92 Å². The highest BCUT2D eigenvalue weighted by molar-refractivity contribution is 14.1. The lowest BCUT2D eigenvalue weighted by Gasteiger charge is -2.37. The average molecular weight is 308 g/mol. The van der Waals surface area contributed by atoms with Crippen LogP contribution in [-0.4, -0.2) is 3.42 Å². The van der Waals surface area contributed by atoms with Crippen LogP contribution in [0.4, 0.5) is 0 Å². The van der Waals surface area contributed by atoms with Crippen molar-refractivity contribution in [3.63, 3.8) is 0 Å². The van der Waals surface area contributed by atoms with Crippen molar-refractivity contribution in [2.45, 2.75) is 75.1 Å². The maximum Gasteiger partial charge on any atom is 0.0222 e. The molecule has 0 N–H and O–H groups in total. The minimum absolute atomic E-state index is 0.613. The lowest BCUT2D eigenvalue weighted by molar-refractivity contribution is 0.281. The molecule has 2 atom stereocenters. The third-order valence-electron chi connectivity index (χ3n) is 3.73. The van der Waals surface area contributed by atoms with Crippen molar-refractivity contribution in [2.24, 2.45) is 5.92 Å². The Morgan fingerprint density at radius 2 is 2.00 bits per heavy atom. The zero-order chi connectivity index (χ0) is 10.4. The Balaban J connectivity index is 2.20. The van der Waals surface area contributed by atoms with E-state index in [-0.39, 0.29) is 0 Å². The van der Waals surface area contributed by atoms with Crippen LogP contribution in [0, 0.1) is 5.92 Å². The van der Waals surface area contributed by atoms with Crippen molar-refractivity contribution >= 4 is 22.6 Å². The summed E-state index contributed by atoms with van der Waals surface area (Å²) < 4.78 is 0.613. The van der Waals surface area contributed by atoms with Gasteiger partial charge in [-0.25, -0.2) is 0 Å². The van der Waals surface area contributed by atoms with Gasteiger partial charge >= 0.3 is 0 Å². The molecule has 0 heterocycles. The fourth-order valence-electron chi connectivity index (χ4n) is 2.63. The van der Waals surface area contributed by atoms with Gasteiger partial charge in [0.15, 0.2) is 0 Å². The van der Waals surface area contributed by atoms with Gasteiger partial charge in [-0.3, -0.25) is 0 Å². The van der Waals surface area contributed by atoms with Crippen molar-refractivity contribution in [3.05, 3.63) is 0 Å². The maximum atomic E-state index is 2.71. The average Bonchev–Trinajstić information content (AvgIpc) is 2.14. The molecular weight excluding hydrogens is 283 g/mol. The Hall–Kier alpha value is 0.730. The number of unbranched alkanes of at least 4 members (excludes halogenated alkanes) is 3. The quantitative estimate of drug-likeness (QED) is 0.365. The first kappa shape index (κ1) is 12.8. The second-order valence-electron chi connectivity index (χ2n) is 5.07. The highest BCUT2D eigenvalue weighted by atomic mass is 127. The van der Waals surface area contributed by atoms with E-state index in [0.29, 0.717) is 3.42 Å². The van der Waals surface area contributed by atoms with E-state index in [9.17, 15) is 0 Å². The highest BCUT2D eigenvalue weighted by Crippen LogP contribution is 2.43. The molecule has 0 aromatic rings. The molecule has 84 valence electrons. The number of halogens is 1. The summed E-state index contributed by atoms with van der Waals surface area (Å²) in [7, 11) is 0. The predicted molar refractivity (Wildman–Crippen MR) is 73.1 cm³/mol. The largest absolute Gasteiger partial charge is 0.0789 e. The van der Waals surface area contributed by atoms with Crippen LogP contribution in [0.5, 0.6) is 0 Å². The molecule has 0 bridgehead atoms. The Labute approximate surface area is 103 Å². The summed E-state index contributed by atoms with van der Waals surface area (Å²) in [5, 5.41) is 0. The van der Waals surface area contributed by atoms with Gasteiger partial charge in [-0.1, -0.05) is 75.0 Å². The molecule has 1 aliphatic rings. The fourth-order valence-corrected chi connectivity index (χ4v) is 3.63. The monoisotopic (exact) mass is 308 g/mol. The molecule has 0 nitrogen and oxygen atoms in total. The molecule has 1 rings (SSSR count). The lowest BCUT2D eigenvalue weighted by atomic mass is 9.77. The molecule has 0 amide bonds. The van der Waals surface area contributed by atoms with Crippen LogP contribution in [0.1, 0.15) is 71.6 Å². The van der Waals surface area contributed by atoms with E-state index in [1.807, 2.05) is 0 Å². The van der Waals surface area contributed by atoms with Gasteiger partial charge < -0.3 is 0 Å². The van der Waals surface area contributed by atoms with E-state index in [4.69, 9.17) is 0 Å². The van der Waals surface area contributed by atoms with Gasteiger partial charge in [0.25, 0.3) is 0 Å². The number of hydrogen-bond donors (Lipinski definition) is 0. The van der Waals surface area contributed by atoms with Crippen molar-refractivity contribution in [1.29, 1.82) is 0 Å². The molecule has 0 aromatic heterocycles. The van der Waals surface area contributed by atoms with Gasteiger partial charge in [0.1, 0.15) is 0 Å². The molecule has 0 aromatic carbocycles. The van der Waals surface area contributed by atoms with Crippen LogP contribution < -0.4 is 0 Å². The van der Waals surface area contributed by atoms with Crippen molar-refractivity contribution in [1.82, 2.24) is 0 Å². The zero-order valence-corrected chi connectivity index (χ0v) is 12.0. The van der Waals surface area contributed by atoms with Crippen LogP contribution >= 0.6 is 22.6 Å². The van der Waals surface area contributed by atoms with Crippen molar-refractivity contribution in [2.75, 3.05) is 0 Å². The van der Waals surface area contributed by atoms with Gasteiger partial charge in [-0.15, -0.1) is 0 Å². The van der Waals surface area contributed by atoms with Crippen LogP contribution in [0.3, 0.4) is 0 Å². The second kappa shape index (κ2) is 6.34. The zero-order valence-electron chi connectivity index (χ0n) is 9.82. The number of rotatable bonds is 5. The molecular formula is C13H25I. The molecule has 1 aliphatic carbocycles. The fraction of sp³-hybridized carbons (Fsp3) is 1.00. The summed E-state index contributed by atoms with van der Waals surface area (Å²) in [4.78, 5) is 0. The summed E-state index contributed by atoms with van der Waals surface area (Å²) in [6, 6.07) is 0. The van der Waals surface area contributed by atoms with Gasteiger partial charge in [0, 0.05) is 3.42 Å². The SMILES string of the molecule is CCCCCCC1CCCCC1(C)I. The van der Waals surface area contributed by atoms with E-state index in [1.165, 1.54) is 57.8 Å². The summed E-state index contributed by atoms with van der Waals surface area (Å²) in [5.74, 6) is 1.01. The lowest BCUT2D eigenvalue weighted by Crippen LogP contribution is -2.31. The van der Waals surface area contributed by atoms with Crippen LogP contribution in [0.15, 0.2) is 0 Å². The Morgan fingerprint density at radius 1 is 1.21 bits per heavy atom. The van der Waals surface area contributed by atoms with Crippen molar-refractivity contribution < 1.29 is 0 Å². The first-order valence-corrected chi connectivity index (χ1v) is 7.43. The molecule has 14 heavy (non-hydrogen) atoms. The highest BCUT2D eigenvalue weighted by Gasteiger charge is 2.32. The molecule has 1 saturated carbocycles. The van der Waals surface area contributed by atoms with E-state index >= 15 is 0 Å². The topological polar surface area (TPSA) is 0 Å². The van der Waals surface area contributed by atoms with Crippen LogP contribution in [0.25, 0.3) is 0 Å². The summed E-state index contributed by atoms with van der Waals surface area (Å²) in [5.41, 5.74) is 0. The van der Waals surface area contributed by atoms with E-state index in [2.05, 4.69) is 36.4 Å². The third kappa shape index (κ3) is 4.08. The Kier molecular flexibility index (Phi) is 5.80. The Bertz CT molecular complexity index is 151. The third-order valence-corrected chi connectivity index (χ3v) is 5.15. The smallest absolute Gasteiger partial charge is 0.0222 e. The van der Waals surface area contributed by atoms with Crippen LogP contribution in [0.2, 0.25) is 0 Å². The molecule has 1 fully saturated rings.